The van der Waals surface area contributed by atoms with Crippen LogP contribution in [0.4, 0.5) is 11.5 Å². The fourth-order valence-corrected chi connectivity index (χ4v) is 3.61. The quantitative estimate of drug-likeness (QED) is 0.627. The molecule has 0 bridgehead atoms. The van der Waals surface area contributed by atoms with Crippen LogP contribution in [0, 0.1) is 6.92 Å². The number of aromatic nitrogens is 2. The maximum Gasteiger partial charge on any atom is 0.348 e. The normalized spacial score (nSPS) is 10.8. The number of ether oxygens (including phenoxy) is 1. The lowest BCUT2D eigenvalue weighted by Gasteiger charge is -2.08. The minimum atomic E-state index is -0.349. The van der Waals surface area contributed by atoms with Gasteiger partial charge in [0.1, 0.15) is 21.9 Å². The molecule has 3 aromatic rings. The predicted octanol–water partition coefficient (Wildman–Crippen LogP) is 5.23. The number of carbonyl (C=O) groups excluding carboxylic acids is 1. The highest BCUT2D eigenvalue weighted by Gasteiger charge is 2.20. The molecule has 3 rings (SSSR count). The molecule has 0 aliphatic rings. The van der Waals surface area contributed by atoms with Crippen molar-refractivity contribution in [3.8, 4) is 0 Å². The van der Waals surface area contributed by atoms with Crippen LogP contribution in [0.25, 0.3) is 10.2 Å². The molecule has 1 aromatic carbocycles. The van der Waals surface area contributed by atoms with Gasteiger partial charge < -0.3 is 10.1 Å². The number of fused-ring (bicyclic) bond motifs is 1. The number of carbonyl (C=O) groups is 1. The van der Waals surface area contributed by atoms with Gasteiger partial charge in [0.25, 0.3) is 0 Å². The minimum absolute atomic E-state index is 0.326. The molecular weight excluding hydrogens is 369 g/mol. The van der Waals surface area contributed by atoms with Crippen LogP contribution in [0.2, 0.25) is 10.0 Å². The van der Waals surface area contributed by atoms with Crippen molar-refractivity contribution in [2.45, 2.75) is 13.8 Å². The van der Waals surface area contributed by atoms with Gasteiger partial charge in [-0.25, -0.2) is 14.8 Å². The van der Waals surface area contributed by atoms with Gasteiger partial charge in [-0.1, -0.05) is 23.2 Å². The molecule has 0 amide bonds. The molecule has 8 heteroatoms. The number of thiophene rings is 1. The average Bonchev–Trinajstić information content (AvgIpc) is 2.89. The number of anilines is 2. The Labute approximate surface area is 152 Å². The number of halogens is 2. The van der Waals surface area contributed by atoms with Crippen molar-refractivity contribution in [1.82, 2.24) is 9.97 Å². The molecule has 0 saturated heterocycles. The molecule has 5 nitrogen and oxygen atoms in total. The maximum absolute atomic E-state index is 12.1. The molecule has 124 valence electrons. The van der Waals surface area contributed by atoms with Gasteiger partial charge >= 0.3 is 5.97 Å². The van der Waals surface area contributed by atoms with E-state index in [1.54, 1.807) is 25.1 Å². The van der Waals surface area contributed by atoms with Crippen LogP contribution < -0.4 is 5.32 Å². The number of hydrogen-bond acceptors (Lipinski definition) is 6. The average molecular weight is 382 g/mol. The first-order chi connectivity index (χ1) is 11.5. The Balaban J connectivity index is 2.05. The van der Waals surface area contributed by atoms with Gasteiger partial charge in [0, 0.05) is 5.69 Å². The van der Waals surface area contributed by atoms with Crippen molar-refractivity contribution in [2.24, 2.45) is 0 Å². The molecular formula is C16H13Cl2N3O2S. The van der Waals surface area contributed by atoms with E-state index in [0.29, 0.717) is 32.2 Å². The summed E-state index contributed by atoms with van der Waals surface area (Å²) < 4.78 is 5.10. The third-order valence-electron chi connectivity index (χ3n) is 3.37. The summed E-state index contributed by atoms with van der Waals surface area (Å²) in [6.07, 6.45) is 1.45. The second-order valence-corrected chi connectivity index (χ2v) is 6.75. The van der Waals surface area contributed by atoms with E-state index in [0.717, 1.165) is 16.6 Å². The monoisotopic (exact) mass is 381 g/mol. The van der Waals surface area contributed by atoms with Crippen LogP contribution in [0.1, 0.15) is 22.2 Å². The van der Waals surface area contributed by atoms with E-state index in [1.807, 2.05) is 6.92 Å². The van der Waals surface area contributed by atoms with E-state index in [2.05, 4.69) is 15.3 Å². The Hall–Kier alpha value is -1.89. The van der Waals surface area contributed by atoms with E-state index in [4.69, 9.17) is 27.9 Å². The van der Waals surface area contributed by atoms with Gasteiger partial charge in [-0.2, -0.15) is 0 Å². The topological polar surface area (TPSA) is 64.1 Å². The minimum Gasteiger partial charge on any atom is -0.462 e. The molecule has 2 aromatic heterocycles. The molecule has 1 N–H and O–H groups in total. The second kappa shape index (κ2) is 6.93. The van der Waals surface area contributed by atoms with E-state index < -0.39 is 0 Å². The van der Waals surface area contributed by atoms with Gasteiger partial charge in [0.2, 0.25) is 0 Å². The Bertz CT molecular complexity index is 927. The summed E-state index contributed by atoms with van der Waals surface area (Å²) in [7, 11) is 0. The zero-order chi connectivity index (χ0) is 17.3. The number of benzene rings is 1. The number of nitrogens with zero attached hydrogens (tertiary/aromatic N) is 2. The van der Waals surface area contributed by atoms with Gasteiger partial charge in [-0.3, -0.25) is 0 Å². The largest absolute Gasteiger partial charge is 0.462 e. The standard InChI is InChI=1S/C16H13Cl2N3O2S/c1-3-23-16(22)13-8(2)12-14(19-7-20-15(12)24-13)21-9-4-5-10(17)11(18)6-9/h4-7H,3H2,1-2H3,(H,19,20,21). The van der Waals surface area contributed by atoms with Gasteiger partial charge in [-0.15, -0.1) is 11.3 Å². The summed E-state index contributed by atoms with van der Waals surface area (Å²) in [4.78, 5) is 21.9. The molecule has 0 aliphatic heterocycles. The van der Waals surface area contributed by atoms with E-state index in [9.17, 15) is 4.79 Å². The van der Waals surface area contributed by atoms with Crippen LogP contribution in [-0.2, 0) is 4.74 Å². The lowest BCUT2D eigenvalue weighted by atomic mass is 10.2. The first-order valence-electron chi connectivity index (χ1n) is 7.14. The fourth-order valence-electron chi connectivity index (χ4n) is 2.27. The summed E-state index contributed by atoms with van der Waals surface area (Å²) >= 11 is 13.3. The van der Waals surface area contributed by atoms with Crippen molar-refractivity contribution >= 4 is 62.2 Å². The second-order valence-electron chi connectivity index (χ2n) is 4.93. The van der Waals surface area contributed by atoms with Crippen LogP contribution in [-0.4, -0.2) is 22.5 Å². The Morgan fingerprint density at radius 3 is 2.79 bits per heavy atom. The van der Waals surface area contributed by atoms with E-state index in [-0.39, 0.29) is 5.97 Å². The lowest BCUT2D eigenvalue weighted by Crippen LogP contribution is -2.03. The van der Waals surface area contributed by atoms with Crippen LogP contribution in [0.15, 0.2) is 24.5 Å². The summed E-state index contributed by atoms with van der Waals surface area (Å²) in [5.41, 5.74) is 1.53. The number of nitrogens with one attached hydrogen (secondary N) is 1. The fraction of sp³-hybridized carbons (Fsp3) is 0.188. The highest BCUT2D eigenvalue weighted by Crippen LogP contribution is 2.35. The molecule has 2 heterocycles. The molecule has 0 radical (unpaired) electrons. The lowest BCUT2D eigenvalue weighted by molar-refractivity contribution is 0.0531. The van der Waals surface area contributed by atoms with Crippen molar-refractivity contribution in [2.75, 3.05) is 11.9 Å². The van der Waals surface area contributed by atoms with Crippen LogP contribution in [0.5, 0.6) is 0 Å². The zero-order valence-electron chi connectivity index (χ0n) is 12.9. The highest BCUT2D eigenvalue weighted by atomic mass is 35.5. The van der Waals surface area contributed by atoms with Gasteiger partial charge in [0.15, 0.2) is 0 Å². The van der Waals surface area contributed by atoms with Gasteiger partial charge in [-0.05, 0) is 37.6 Å². The van der Waals surface area contributed by atoms with Crippen molar-refractivity contribution < 1.29 is 9.53 Å². The smallest absolute Gasteiger partial charge is 0.348 e. The first kappa shape index (κ1) is 17.0. The molecule has 0 atom stereocenters. The van der Waals surface area contributed by atoms with E-state index in [1.165, 1.54) is 17.7 Å². The van der Waals surface area contributed by atoms with Crippen molar-refractivity contribution in [3.63, 3.8) is 0 Å². The number of esters is 1. The summed E-state index contributed by atoms with van der Waals surface area (Å²) in [5.74, 6) is 0.251. The summed E-state index contributed by atoms with van der Waals surface area (Å²) in [6.45, 7) is 3.96. The molecule has 0 saturated carbocycles. The molecule has 0 unspecified atom stereocenters. The third kappa shape index (κ3) is 3.17. The number of aryl methyl sites for hydroxylation is 1. The number of hydrogen-bond donors (Lipinski definition) is 1. The Morgan fingerprint density at radius 1 is 1.29 bits per heavy atom. The Kier molecular flexibility index (Phi) is 4.89. The zero-order valence-corrected chi connectivity index (χ0v) is 15.2. The summed E-state index contributed by atoms with van der Waals surface area (Å²) in [5, 5.41) is 4.91. The number of rotatable bonds is 4. The molecule has 0 fully saturated rings. The van der Waals surface area contributed by atoms with Crippen LogP contribution >= 0.6 is 34.5 Å². The van der Waals surface area contributed by atoms with Crippen molar-refractivity contribution in [3.05, 3.63) is 45.0 Å². The maximum atomic E-state index is 12.1. The summed E-state index contributed by atoms with van der Waals surface area (Å²) in [6, 6.07) is 5.22. The third-order valence-corrected chi connectivity index (χ3v) is 5.29. The first-order valence-corrected chi connectivity index (χ1v) is 8.71. The van der Waals surface area contributed by atoms with E-state index >= 15 is 0 Å². The van der Waals surface area contributed by atoms with Gasteiger partial charge in [0.05, 0.1) is 22.0 Å². The molecule has 24 heavy (non-hydrogen) atoms. The highest BCUT2D eigenvalue weighted by molar-refractivity contribution is 7.20. The SMILES string of the molecule is CCOC(=O)c1sc2ncnc(Nc3ccc(Cl)c(Cl)c3)c2c1C. The predicted molar refractivity (Wildman–Crippen MR) is 97.9 cm³/mol. The van der Waals surface area contributed by atoms with Crippen molar-refractivity contribution in [1.29, 1.82) is 0 Å². The van der Waals surface area contributed by atoms with Crippen LogP contribution in [0.3, 0.4) is 0 Å². The molecule has 0 aliphatic carbocycles. The molecule has 0 spiro atoms. The Morgan fingerprint density at radius 2 is 2.08 bits per heavy atom.